The van der Waals surface area contributed by atoms with E-state index in [0.717, 1.165) is 28.3 Å². The number of hydrogen-bond donors (Lipinski definition) is 1. The molecule has 2 aromatic rings. The molecule has 0 saturated heterocycles. The smallest absolute Gasteiger partial charge is 0.242 e. The zero-order chi connectivity index (χ0) is 25.3. The molecular weight excluding hydrogens is 464 g/mol. The van der Waals surface area contributed by atoms with E-state index in [0.29, 0.717) is 19.4 Å². The van der Waals surface area contributed by atoms with Crippen molar-refractivity contribution < 1.29 is 26.8 Å². The van der Waals surface area contributed by atoms with Gasteiger partial charge in [0.05, 0.1) is 11.9 Å². The van der Waals surface area contributed by atoms with Crippen LogP contribution in [0, 0.1) is 11.6 Å². The van der Waals surface area contributed by atoms with Crippen molar-refractivity contribution in [3.8, 4) is 0 Å². The molecule has 0 heterocycles. The summed E-state index contributed by atoms with van der Waals surface area (Å²) in [6, 6.07) is 11.8. The fourth-order valence-electron chi connectivity index (χ4n) is 3.71. The number of rotatable bonds is 12. The number of halogens is 2. The Morgan fingerprint density at radius 2 is 1.71 bits per heavy atom. The molecular formula is C24H31F2N3O4S. The molecule has 0 unspecified atom stereocenters. The summed E-state index contributed by atoms with van der Waals surface area (Å²) in [4.78, 5) is 27.0. The number of amides is 2. The van der Waals surface area contributed by atoms with Gasteiger partial charge in [0.2, 0.25) is 21.8 Å². The van der Waals surface area contributed by atoms with E-state index < -0.39 is 27.7 Å². The van der Waals surface area contributed by atoms with Gasteiger partial charge in [-0.15, -0.1) is 0 Å². The lowest BCUT2D eigenvalue weighted by molar-refractivity contribution is -0.140. The first-order valence-electron chi connectivity index (χ1n) is 11.1. The first-order chi connectivity index (χ1) is 16.1. The van der Waals surface area contributed by atoms with Crippen molar-refractivity contribution in [3.63, 3.8) is 0 Å². The first kappa shape index (κ1) is 27.2. The Hall–Kier alpha value is -3.01. The molecule has 0 aliphatic carbocycles. The fraction of sp³-hybridized carbons (Fsp3) is 0.417. The summed E-state index contributed by atoms with van der Waals surface area (Å²) < 4.78 is 52.3. The molecule has 10 heteroatoms. The van der Waals surface area contributed by atoms with Crippen LogP contribution in [-0.4, -0.2) is 57.6 Å². The van der Waals surface area contributed by atoms with E-state index >= 15 is 0 Å². The van der Waals surface area contributed by atoms with Crippen LogP contribution in [0.5, 0.6) is 0 Å². The van der Waals surface area contributed by atoms with Gasteiger partial charge in [-0.1, -0.05) is 37.3 Å². The van der Waals surface area contributed by atoms with E-state index in [1.165, 1.54) is 18.0 Å². The van der Waals surface area contributed by atoms with Gasteiger partial charge in [0.1, 0.15) is 6.04 Å². The van der Waals surface area contributed by atoms with Crippen molar-refractivity contribution >= 4 is 27.5 Å². The molecule has 7 nitrogen and oxygen atoms in total. The van der Waals surface area contributed by atoms with Crippen LogP contribution in [0.1, 0.15) is 31.7 Å². The molecule has 0 saturated carbocycles. The van der Waals surface area contributed by atoms with Crippen LogP contribution >= 0.6 is 0 Å². The lowest BCUT2D eigenvalue weighted by atomic mass is 10.1. The average molecular weight is 496 g/mol. The molecule has 0 aliphatic rings. The van der Waals surface area contributed by atoms with Crippen molar-refractivity contribution in [2.75, 3.05) is 30.7 Å². The van der Waals surface area contributed by atoms with Crippen molar-refractivity contribution in [1.29, 1.82) is 0 Å². The van der Waals surface area contributed by atoms with Gasteiger partial charge in [-0.25, -0.2) is 17.2 Å². The van der Waals surface area contributed by atoms with E-state index in [4.69, 9.17) is 0 Å². The van der Waals surface area contributed by atoms with Crippen LogP contribution in [0.25, 0.3) is 0 Å². The minimum Gasteiger partial charge on any atom is -0.357 e. The molecule has 0 spiro atoms. The summed E-state index contributed by atoms with van der Waals surface area (Å²) in [5.74, 6) is -2.81. The van der Waals surface area contributed by atoms with E-state index in [-0.39, 0.29) is 36.9 Å². The summed E-state index contributed by atoms with van der Waals surface area (Å²) in [6.07, 6.45) is 2.06. The predicted octanol–water partition coefficient (Wildman–Crippen LogP) is 3.11. The Kier molecular flexibility index (Phi) is 9.97. The molecule has 186 valence electrons. The highest BCUT2D eigenvalue weighted by Gasteiger charge is 2.28. The second-order valence-electron chi connectivity index (χ2n) is 7.90. The Morgan fingerprint density at radius 1 is 1.03 bits per heavy atom. The summed E-state index contributed by atoms with van der Waals surface area (Å²) in [5.41, 5.74) is 1.00. The number of carbonyl (C=O) groups excluding carboxylic acids is 2. The number of likely N-dealkylation sites (N-methyl/N-ethyl adjacent to an activating group) is 1. The van der Waals surface area contributed by atoms with Crippen LogP contribution in [0.3, 0.4) is 0 Å². The van der Waals surface area contributed by atoms with E-state index in [1.54, 1.807) is 0 Å². The van der Waals surface area contributed by atoms with Gasteiger partial charge < -0.3 is 10.2 Å². The van der Waals surface area contributed by atoms with Gasteiger partial charge in [0.25, 0.3) is 0 Å². The number of anilines is 1. The fourth-order valence-corrected chi connectivity index (χ4v) is 4.66. The number of carbonyl (C=O) groups is 2. The molecule has 0 aromatic heterocycles. The highest BCUT2D eigenvalue weighted by atomic mass is 32.2. The summed E-state index contributed by atoms with van der Waals surface area (Å²) in [6.45, 7) is 2.05. The maximum atomic E-state index is 13.7. The van der Waals surface area contributed by atoms with Gasteiger partial charge in [-0.2, -0.15) is 0 Å². The van der Waals surface area contributed by atoms with Gasteiger partial charge >= 0.3 is 0 Å². The summed E-state index contributed by atoms with van der Waals surface area (Å²) in [7, 11) is -2.28. The van der Waals surface area contributed by atoms with Gasteiger partial charge in [-0.3, -0.25) is 13.9 Å². The molecule has 0 bridgehead atoms. The molecule has 2 aromatic carbocycles. The molecule has 0 fully saturated rings. The van der Waals surface area contributed by atoms with Gasteiger partial charge in [-0.05, 0) is 37.0 Å². The third kappa shape index (κ3) is 7.51. The molecule has 1 atom stereocenters. The monoisotopic (exact) mass is 495 g/mol. The predicted molar refractivity (Wildman–Crippen MR) is 128 cm³/mol. The quantitative estimate of drug-likeness (QED) is 0.490. The SMILES string of the molecule is CC[C@@H](C(=O)NC)N(CCc1ccccc1)C(=O)CCCN(c1ccc(F)c(F)c1)S(C)(=O)=O. The molecule has 2 rings (SSSR count). The van der Waals surface area contributed by atoms with E-state index in [9.17, 15) is 26.8 Å². The first-order valence-corrected chi connectivity index (χ1v) is 12.9. The van der Waals surface area contributed by atoms with Crippen molar-refractivity contribution in [2.24, 2.45) is 0 Å². The highest BCUT2D eigenvalue weighted by molar-refractivity contribution is 7.92. The van der Waals surface area contributed by atoms with Gasteiger partial charge in [0.15, 0.2) is 11.6 Å². The normalized spacial score (nSPS) is 12.1. The topological polar surface area (TPSA) is 86.8 Å². The molecule has 2 amide bonds. The molecule has 34 heavy (non-hydrogen) atoms. The highest BCUT2D eigenvalue weighted by Crippen LogP contribution is 2.21. The van der Waals surface area contributed by atoms with Crippen LogP contribution in [0.2, 0.25) is 0 Å². The zero-order valence-corrected chi connectivity index (χ0v) is 20.4. The lowest BCUT2D eigenvalue weighted by Gasteiger charge is -2.30. The number of sulfonamides is 1. The largest absolute Gasteiger partial charge is 0.357 e. The number of benzene rings is 2. The number of nitrogens with zero attached hydrogens (tertiary/aromatic N) is 2. The zero-order valence-electron chi connectivity index (χ0n) is 19.6. The maximum absolute atomic E-state index is 13.7. The Balaban J connectivity index is 2.14. The number of hydrogen-bond acceptors (Lipinski definition) is 4. The van der Waals surface area contributed by atoms with Crippen LogP contribution in [0.4, 0.5) is 14.5 Å². The van der Waals surface area contributed by atoms with Crippen molar-refractivity contribution in [2.45, 2.75) is 38.6 Å². The van der Waals surface area contributed by atoms with Crippen LogP contribution in [-0.2, 0) is 26.0 Å². The van der Waals surface area contributed by atoms with Crippen molar-refractivity contribution in [3.05, 3.63) is 65.7 Å². The standard InChI is InChI=1S/C24H31F2N3O4S/c1-4-22(24(31)27-2)28(16-14-18-9-6-5-7-10-18)23(30)11-8-15-29(34(3,32)33)19-12-13-20(25)21(26)17-19/h5-7,9-10,12-13,17,22H,4,8,11,14-16H2,1-3H3,(H,27,31)/t22-/m0/s1. The average Bonchev–Trinajstić information content (AvgIpc) is 2.80. The summed E-state index contributed by atoms with van der Waals surface area (Å²) in [5, 5.41) is 2.59. The number of nitrogens with one attached hydrogen (secondary N) is 1. The van der Waals surface area contributed by atoms with Crippen molar-refractivity contribution in [1.82, 2.24) is 10.2 Å². The van der Waals surface area contributed by atoms with Crippen LogP contribution < -0.4 is 9.62 Å². The van der Waals surface area contributed by atoms with Crippen LogP contribution in [0.15, 0.2) is 48.5 Å². The second kappa shape index (κ2) is 12.5. The second-order valence-corrected chi connectivity index (χ2v) is 9.80. The molecule has 0 aliphatic heterocycles. The lowest BCUT2D eigenvalue weighted by Crippen LogP contribution is -2.49. The Bertz CT molecular complexity index is 1080. The van der Waals surface area contributed by atoms with E-state index in [1.807, 2.05) is 37.3 Å². The molecule has 0 radical (unpaired) electrons. The van der Waals surface area contributed by atoms with Gasteiger partial charge in [0, 0.05) is 32.6 Å². The maximum Gasteiger partial charge on any atom is 0.242 e. The molecule has 1 N–H and O–H groups in total. The Labute approximate surface area is 199 Å². The Morgan fingerprint density at radius 3 is 2.26 bits per heavy atom. The van der Waals surface area contributed by atoms with E-state index in [2.05, 4.69) is 5.32 Å². The summed E-state index contributed by atoms with van der Waals surface area (Å²) >= 11 is 0. The third-order valence-corrected chi connectivity index (χ3v) is 6.65. The minimum absolute atomic E-state index is 0.0159. The minimum atomic E-state index is -3.80. The third-order valence-electron chi connectivity index (χ3n) is 5.46.